The summed E-state index contributed by atoms with van der Waals surface area (Å²) in [7, 11) is 0. The van der Waals surface area contributed by atoms with E-state index in [0.717, 1.165) is 9.21 Å². The average molecular weight is 328 g/mol. The van der Waals surface area contributed by atoms with Gasteiger partial charge in [0.15, 0.2) is 5.84 Å². The molecule has 21 heavy (non-hydrogen) atoms. The third-order valence-electron chi connectivity index (χ3n) is 3.08. The first kappa shape index (κ1) is 15.8. The van der Waals surface area contributed by atoms with Crippen LogP contribution in [0.5, 0.6) is 0 Å². The van der Waals surface area contributed by atoms with E-state index in [1.54, 1.807) is 12.1 Å². The topological polar surface area (TPSA) is 70.6 Å². The number of nitrogens with one attached hydrogen (secondary N) is 1. The van der Waals surface area contributed by atoms with Gasteiger partial charge in [-0.05, 0) is 25.1 Å². The minimum Gasteiger partial charge on any atom is -0.409 e. The van der Waals surface area contributed by atoms with Crippen molar-refractivity contribution >= 4 is 28.8 Å². The molecule has 2 rings (SSSR count). The summed E-state index contributed by atoms with van der Waals surface area (Å²) in [6, 6.07) is 8.61. The third-order valence-corrected chi connectivity index (χ3v) is 4.50. The molecule has 0 fully saturated rings. The summed E-state index contributed by atoms with van der Waals surface area (Å²) >= 11 is 7.38. The van der Waals surface area contributed by atoms with E-state index in [9.17, 15) is 4.39 Å². The Hall–Kier alpha value is -1.63. The van der Waals surface area contributed by atoms with Gasteiger partial charge >= 0.3 is 0 Å². The van der Waals surface area contributed by atoms with Crippen LogP contribution in [0.2, 0.25) is 4.34 Å². The Kier molecular flexibility index (Phi) is 5.17. The zero-order chi connectivity index (χ0) is 15.4. The lowest BCUT2D eigenvalue weighted by Gasteiger charge is -2.13. The van der Waals surface area contributed by atoms with Crippen LogP contribution in [0.1, 0.15) is 29.0 Å². The van der Waals surface area contributed by atoms with Gasteiger partial charge in [0.05, 0.1) is 9.90 Å². The Bertz CT molecular complexity index is 659. The largest absolute Gasteiger partial charge is 0.409 e. The molecule has 0 saturated carbocycles. The first-order chi connectivity index (χ1) is 10.0. The Balaban J connectivity index is 2.10. The van der Waals surface area contributed by atoms with Gasteiger partial charge < -0.3 is 16.3 Å². The summed E-state index contributed by atoms with van der Waals surface area (Å²) in [4.78, 5) is 1.08. The van der Waals surface area contributed by atoms with Gasteiger partial charge in [0, 0.05) is 23.0 Å². The summed E-state index contributed by atoms with van der Waals surface area (Å²) in [6.07, 6.45) is 0. The number of rotatable bonds is 5. The number of amidine groups is 1. The first-order valence-electron chi connectivity index (χ1n) is 6.27. The van der Waals surface area contributed by atoms with Gasteiger partial charge in [0.25, 0.3) is 0 Å². The summed E-state index contributed by atoms with van der Waals surface area (Å²) in [5, 5.41) is 14.7. The lowest BCUT2D eigenvalue weighted by molar-refractivity contribution is 0.318. The SMILES string of the molecule is CC(NCc1cccc(/C(N)=N/O)c1F)c1ccc(Cl)s1. The maximum atomic E-state index is 14.2. The summed E-state index contributed by atoms with van der Waals surface area (Å²) < 4.78 is 15.0. The summed E-state index contributed by atoms with van der Waals surface area (Å²) in [6.45, 7) is 2.31. The Morgan fingerprint density at radius 1 is 1.48 bits per heavy atom. The number of benzene rings is 1. The van der Waals surface area contributed by atoms with E-state index in [0.29, 0.717) is 12.1 Å². The smallest absolute Gasteiger partial charge is 0.173 e. The molecular weight excluding hydrogens is 313 g/mol. The fraction of sp³-hybridized carbons (Fsp3) is 0.214. The maximum Gasteiger partial charge on any atom is 0.173 e. The fourth-order valence-corrected chi connectivity index (χ4v) is 2.98. The van der Waals surface area contributed by atoms with Crippen LogP contribution in [0.4, 0.5) is 4.39 Å². The molecule has 1 unspecified atom stereocenters. The van der Waals surface area contributed by atoms with Gasteiger partial charge in [-0.1, -0.05) is 28.9 Å². The monoisotopic (exact) mass is 327 g/mol. The van der Waals surface area contributed by atoms with Gasteiger partial charge in [0.2, 0.25) is 0 Å². The van der Waals surface area contributed by atoms with Crippen LogP contribution in [0, 0.1) is 5.82 Å². The van der Waals surface area contributed by atoms with E-state index >= 15 is 0 Å². The van der Waals surface area contributed by atoms with E-state index in [2.05, 4.69) is 10.5 Å². The number of hydrogen-bond donors (Lipinski definition) is 3. The molecule has 1 atom stereocenters. The minimum absolute atomic E-state index is 0.0504. The molecule has 0 aliphatic rings. The second-order valence-corrected chi connectivity index (χ2v) is 6.26. The molecule has 1 heterocycles. The predicted octanol–water partition coefficient (Wildman–Crippen LogP) is 3.49. The zero-order valence-corrected chi connectivity index (χ0v) is 12.9. The van der Waals surface area contributed by atoms with E-state index in [4.69, 9.17) is 22.5 Å². The number of nitrogens with zero attached hydrogens (tertiary/aromatic N) is 1. The molecule has 1 aromatic heterocycles. The van der Waals surface area contributed by atoms with Crippen LogP contribution in [0.15, 0.2) is 35.5 Å². The van der Waals surface area contributed by atoms with Crippen molar-refractivity contribution in [1.82, 2.24) is 5.32 Å². The summed E-state index contributed by atoms with van der Waals surface area (Å²) in [5.41, 5.74) is 5.98. The lowest BCUT2D eigenvalue weighted by Crippen LogP contribution is -2.20. The van der Waals surface area contributed by atoms with Gasteiger partial charge in [-0.3, -0.25) is 0 Å². The Morgan fingerprint density at radius 3 is 2.86 bits per heavy atom. The van der Waals surface area contributed by atoms with Crippen molar-refractivity contribution in [3.05, 3.63) is 56.5 Å². The van der Waals surface area contributed by atoms with Crippen molar-refractivity contribution in [2.45, 2.75) is 19.5 Å². The van der Waals surface area contributed by atoms with Crippen LogP contribution >= 0.6 is 22.9 Å². The van der Waals surface area contributed by atoms with E-state index < -0.39 is 5.82 Å². The van der Waals surface area contributed by atoms with Crippen molar-refractivity contribution < 1.29 is 9.60 Å². The van der Waals surface area contributed by atoms with Crippen molar-refractivity contribution in [2.24, 2.45) is 10.9 Å². The van der Waals surface area contributed by atoms with E-state index in [1.807, 2.05) is 19.1 Å². The van der Waals surface area contributed by atoms with Crippen LogP contribution < -0.4 is 11.1 Å². The standard InChI is InChI=1S/C14H15ClFN3OS/c1-8(11-5-6-12(15)21-11)18-7-9-3-2-4-10(13(9)16)14(17)19-20/h2-6,8,18,20H,7H2,1H3,(H2,17,19). The van der Waals surface area contributed by atoms with Crippen molar-refractivity contribution in [3.8, 4) is 0 Å². The van der Waals surface area contributed by atoms with Gasteiger partial charge in [-0.25, -0.2) is 4.39 Å². The highest BCUT2D eigenvalue weighted by atomic mass is 35.5. The van der Waals surface area contributed by atoms with Crippen molar-refractivity contribution in [3.63, 3.8) is 0 Å². The van der Waals surface area contributed by atoms with E-state index in [-0.39, 0.29) is 17.4 Å². The molecule has 0 saturated heterocycles. The van der Waals surface area contributed by atoms with Crippen molar-refractivity contribution in [1.29, 1.82) is 0 Å². The molecule has 1 aromatic carbocycles. The van der Waals surface area contributed by atoms with Crippen LogP contribution in [-0.2, 0) is 6.54 Å². The number of halogens is 2. The minimum atomic E-state index is -0.489. The number of hydrogen-bond acceptors (Lipinski definition) is 4. The van der Waals surface area contributed by atoms with E-state index in [1.165, 1.54) is 17.4 Å². The highest BCUT2D eigenvalue weighted by Crippen LogP contribution is 2.27. The highest BCUT2D eigenvalue weighted by Gasteiger charge is 2.13. The van der Waals surface area contributed by atoms with Gasteiger partial charge in [-0.15, -0.1) is 11.3 Å². The molecule has 112 valence electrons. The fourth-order valence-electron chi connectivity index (χ4n) is 1.89. The van der Waals surface area contributed by atoms with Gasteiger partial charge in [-0.2, -0.15) is 0 Å². The second kappa shape index (κ2) is 6.89. The number of oxime groups is 1. The number of thiophene rings is 1. The van der Waals surface area contributed by atoms with Gasteiger partial charge in [0.1, 0.15) is 5.82 Å². The summed E-state index contributed by atoms with van der Waals surface area (Å²) in [5.74, 6) is -0.732. The third kappa shape index (κ3) is 3.72. The molecule has 0 amide bonds. The highest BCUT2D eigenvalue weighted by molar-refractivity contribution is 7.16. The molecular formula is C14H15ClFN3OS. The lowest BCUT2D eigenvalue weighted by atomic mass is 10.1. The molecule has 0 bridgehead atoms. The second-order valence-electron chi connectivity index (χ2n) is 4.51. The van der Waals surface area contributed by atoms with Crippen LogP contribution in [0.3, 0.4) is 0 Å². The van der Waals surface area contributed by atoms with Crippen molar-refractivity contribution in [2.75, 3.05) is 0 Å². The zero-order valence-electron chi connectivity index (χ0n) is 11.3. The molecule has 4 nitrogen and oxygen atoms in total. The normalized spacial score (nSPS) is 13.4. The number of nitrogens with two attached hydrogens (primary N) is 1. The van der Waals surface area contributed by atoms with Crippen LogP contribution in [-0.4, -0.2) is 11.0 Å². The van der Waals surface area contributed by atoms with Crippen LogP contribution in [0.25, 0.3) is 0 Å². The first-order valence-corrected chi connectivity index (χ1v) is 7.46. The molecule has 0 spiro atoms. The molecule has 0 radical (unpaired) electrons. The molecule has 0 aliphatic carbocycles. The molecule has 2 aromatic rings. The molecule has 0 aliphatic heterocycles. The quantitative estimate of drug-likeness (QED) is 0.341. The molecule has 4 N–H and O–H groups in total. The maximum absolute atomic E-state index is 14.2. The Labute approximate surface area is 131 Å². The predicted molar refractivity (Wildman–Crippen MR) is 83.5 cm³/mol. The average Bonchev–Trinajstić information content (AvgIpc) is 2.91. The molecule has 7 heteroatoms. The Morgan fingerprint density at radius 2 is 2.24 bits per heavy atom.